The van der Waals surface area contributed by atoms with E-state index in [1.165, 1.54) is 56.9 Å². The van der Waals surface area contributed by atoms with Gasteiger partial charge in [-0.15, -0.1) is 0 Å². The lowest BCUT2D eigenvalue weighted by molar-refractivity contribution is -0.138. The number of rotatable bonds is 14. The van der Waals surface area contributed by atoms with Gasteiger partial charge in [-0.2, -0.15) is 5.26 Å². The molecule has 0 saturated carbocycles. The van der Waals surface area contributed by atoms with Crippen LogP contribution in [0.3, 0.4) is 0 Å². The van der Waals surface area contributed by atoms with Crippen molar-refractivity contribution in [2.24, 2.45) is 0 Å². The molecule has 0 aromatic heterocycles. The first-order chi connectivity index (χ1) is 15.7. The van der Waals surface area contributed by atoms with Gasteiger partial charge in [0.1, 0.15) is 11.6 Å². The summed E-state index contributed by atoms with van der Waals surface area (Å²) in [7, 11) is 0. The lowest BCUT2D eigenvalue weighted by Gasteiger charge is -2.19. The van der Waals surface area contributed by atoms with Crippen LogP contribution in [0, 0.1) is 11.3 Å². The van der Waals surface area contributed by atoms with E-state index >= 15 is 0 Å². The summed E-state index contributed by atoms with van der Waals surface area (Å²) < 4.78 is 5.33. The molecule has 4 nitrogen and oxygen atoms in total. The maximum Gasteiger partial charge on any atom is 0.349 e. The zero-order chi connectivity index (χ0) is 23.0. The van der Waals surface area contributed by atoms with Gasteiger partial charge in [-0.1, -0.05) is 77.3 Å². The third-order valence-electron chi connectivity index (χ3n) is 5.72. The average Bonchev–Trinajstić information content (AvgIpc) is 2.83. The van der Waals surface area contributed by atoms with Crippen LogP contribution in [0.25, 0.3) is 0 Å². The molecule has 0 radical (unpaired) electrons. The van der Waals surface area contributed by atoms with Gasteiger partial charge in [0, 0.05) is 23.7 Å². The Hall–Kier alpha value is -2.80. The third kappa shape index (κ3) is 8.75. The maximum atomic E-state index is 12.3. The van der Waals surface area contributed by atoms with E-state index in [1.54, 1.807) is 12.2 Å². The summed E-state index contributed by atoms with van der Waals surface area (Å²) >= 11 is 0. The first-order valence-corrected chi connectivity index (χ1v) is 12.2. The van der Waals surface area contributed by atoms with Crippen molar-refractivity contribution >= 4 is 11.7 Å². The highest BCUT2D eigenvalue weighted by atomic mass is 16.5. The van der Waals surface area contributed by atoms with Gasteiger partial charge in [-0.3, -0.25) is 0 Å². The Labute approximate surface area is 194 Å². The lowest BCUT2D eigenvalue weighted by Crippen LogP contribution is -2.13. The van der Waals surface area contributed by atoms with E-state index in [2.05, 4.69) is 38.1 Å². The Morgan fingerprint density at radius 3 is 2.09 bits per heavy atom. The van der Waals surface area contributed by atoms with Crippen molar-refractivity contribution in [1.29, 1.82) is 5.26 Å². The molecule has 32 heavy (non-hydrogen) atoms. The minimum absolute atomic E-state index is 0.0607. The Morgan fingerprint density at radius 1 is 0.875 bits per heavy atom. The van der Waals surface area contributed by atoms with Gasteiger partial charge in [-0.25, -0.2) is 4.79 Å². The number of benzene rings is 1. The van der Waals surface area contributed by atoms with Crippen molar-refractivity contribution in [3.05, 3.63) is 65.5 Å². The second-order valence-corrected chi connectivity index (χ2v) is 8.36. The second-order valence-electron chi connectivity index (χ2n) is 8.36. The smallest absolute Gasteiger partial charge is 0.349 e. The Balaban J connectivity index is 1.85. The first kappa shape index (κ1) is 25.5. The minimum Gasteiger partial charge on any atom is -0.462 e. The Kier molecular flexibility index (Phi) is 12.0. The van der Waals surface area contributed by atoms with Crippen LogP contribution in [0.2, 0.25) is 0 Å². The van der Waals surface area contributed by atoms with E-state index in [9.17, 15) is 10.1 Å². The van der Waals surface area contributed by atoms with Gasteiger partial charge in [-0.05, 0) is 49.1 Å². The molecule has 1 heterocycles. The third-order valence-corrected chi connectivity index (χ3v) is 5.72. The number of ether oxygens (including phenoxy) is 1. The molecule has 1 aromatic rings. The largest absolute Gasteiger partial charge is 0.462 e. The molecule has 0 spiro atoms. The number of nitriles is 1. The number of carbonyl (C=O) groups is 1. The SMILES string of the molecule is CCCCCCCCOC(=O)C(C#N)=C1C=CN(c2ccc(CCCCCC)cc2)C=C1. The number of esters is 1. The van der Waals surface area contributed by atoms with Crippen LogP contribution in [0.15, 0.2) is 60.0 Å². The lowest BCUT2D eigenvalue weighted by atomic mass is 10.1. The highest BCUT2D eigenvalue weighted by Gasteiger charge is 2.16. The van der Waals surface area contributed by atoms with Crippen LogP contribution in [0.1, 0.15) is 83.6 Å². The first-order valence-electron chi connectivity index (χ1n) is 12.2. The number of allylic oxidation sites excluding steroid dienone is 3. The summed E-state index contributed by atoms with van der Waals surface area (Å²) in [4.78, 5) is 14.3. The average molecular weight is 435 g/mol. The molecule has 1 aliphatic rings. The van der Waals surface area contributed by atoms with Gasteiger partial charge in [0.25, 0.3) is 0 Å². The number of nitrogens with zero attached hydrogens (tertiary/aromatic N) is 2. The summed E-state index contributed by atoms with van der Waals surface area (Å²) in [6.45, 7) is 4.79. The summed E-state index contributed by atoms with van der Waals surface area (Å²) in [6.07, 6.45) is 20.3. The molecule has 0 N–H and O–H groups in total. The zero-order valence-electron chi connectivity index (χ0n) is 19.8. The van der Waals surface area contributed by atoms with Gasteiger partial charge < -0.3 is 9.64 Å². The predicted molar refractivity (Wildman–Crippen MR) is 132 cm³/mol. The zero-order valence-corrected chi connectivity index (χ0v) is 19.8. The summed E-state index contributed by atoms with van der Waals surface area (Å²) in [5, 5.41) is 9.48. The van der Waals surface area contributed by atoms with Gasteiger partial charge in [0.2, 0.25) is 0 Å². The highest BCUT2D eigenvalue weighted by Crippen LogP contribution is 2.22. The molecular formula is C28H38N2O2. The van der Waals surface area contributed by atoms with Gasteiger partial charge in [0.15, 0.2) is 0 Å². The number of unbranched alkanes of at least 4 members (excludes halogenated alkanes) is 8. The van der Waals surface area contributed by atoms with Crippen molar-refractivity contribution in [1.82, 2.24) is 0 Å². The monoisotopic (exact) mass is 434 g/mol. The second kappa shape index (κ2) is 15.1. The van der Waals surface area contributed by atoms with Crippen LogP contribution in [0.5, 0.6) is 0 Å². The number of aryl methyl sites for hydroxylation is 1. The van der Waals surface area contributed by atoms with E-state index in [1.807, 2.05) is 23.4 Å². The summed E-state index contributed by atoms with van der Waals surface area (Å²) in [6, 6.07) is 10.6. The standard InChI is InChI=1S/C28H38N2O2/c1-3-5-7-9-10-12-22-32-28(31)27(23-29)25-18-20-30(21-19-25)26-16-14-24(15-17-26)13-11-8-6-4-2/h14-21H,3-13,22H2,1-2H3. The molecule has 0 aliphatic carbocycles. The van der Waals surface area contributed by atoms with E-state index in [4.69, 9.17) is 4.74 Å². The van der Waals surface area contributed by atoms with E-state index in [0.29, 0.717) is 12.2 Å². The molecule has 0 fully saturated rings. The van der Waals surface area contributed by atoms with Gasteiger partial charge in [0.05, 0.1) is 6.61 Å². The molecule has 1 aliphatic heterocycles. The topological polar surface area (TPSA) is 53.3 Å². The van der Waals surface area contributed by atoms with Crippen LogP contribution in [-0.4, -0.2) is 12.6 Å². The molecule has 0 unspecified atom stereocenters. The fraction of sp³-hybridized carbons (Fsp3) is 0.500. The van der Waals surface area contributed by atoms with Crippen LogP contribution in [0.4, 0.5) is 5.69 Å². The highest BCUT2D eigenvalue weighted by molar-refractivity contribution is 5.95. The molecule has 0 saturated heterocycles. The fourth-order valence-corrected chi connectivity index (χ4v) is 3.70. The molecule has 0 bridgehead atoms. The number of carbonyl (C=O) groups excluding carboxylic acids is 1. The predicted octanol–water partition coefficient (Wildman–Crippen LogP) is 7.38. The quantitative estimate of drug-likeness (QED) is 0.133. The van der Waals surface area contributed by atoms with E-state index in [-0.39, 0.29) is 5.57 Å². The van der Waals surface area contributed by atoms with Crippen molar-refractivity contribution in [2.75, 3.05) is 11.5 Å². The van der Waals surface area contributed by atoms with Crippen molar-refractivity contribution in [2.45, 2.75) is 84.5 Å². The van der Waals surface area contributed by atoms with Crippen molar-refractivity contribution in [3.8, 4) is 6.07 Å². The number of anilines is 1. The molecule has 0 amide bonds. The molecule has 1 aromatic carbocycles. The Morgan fingerprint density at radius 2 is 1.47 bits per heavy atom. The van der Waals surface area contributed by atoms with Crippen LogP contribution < -0.4 is 4.90 Å². The van der Waals surface area contributed by atoms with Crippen LogP contribution >= 0.6 is 0 Å². The number of hydrogen-bond donors (Lipinski definition) is 0. The molecule has 2 rings (SSSR count). The fourth-order valence-electron chi connectivity index (χ4n) is 3.70. The maximum absolute atomic E-state index is 12.3. The molecule has 172 valence electrons. The summed E-state index contributed by atoms with van der Waals surface area (Å²) in [5.74, 6) is -0.536. The van der Waals surface area contributed by atoms with Crippen LogP contribution in [-0.2, 0) is 16.0 Å². The Bertz CT molecular complexity index is 812. The van der Waals surface area contributed by atoms with Crippen molar-refractivity contribution in [3.63, 3.8) is 0 Å². The van der Waals surface area contributed by atoms with Crippen molar-refractivity contribution < 1.29 is 9.53 Å². The molecule has 0 atom stereocenters. The van der Waals surface area contributed by atoms with E-state index < -0.39 is 5.97 Å². The van der Waals surface area contributed by atoms with Gasteiger partial charge >= 0.3 is 5.97 Å². The normalized spacial score (nSPS) is 12.7. The van der Waals surface area contributed by atoms with E-state index in [0.717, 1.165) is 24.9 Å². The molecule has 4 heteroatoms. The molecular weight excluding hydrogens is 396 g/mol. The minimum atomic E-state index is -0.536. The number of hydrogen-bond acceptors (Lipinski definition) is 4. The summed E-state index contributed by atoms with van der Waals surface area (Å²) in [5.41, 5.74) is 3.06.